The molecule has 1 unspecified atom stereocenters. The fraction of sp³-hybridized carbons (Fsp3) is 0.176. The summed E-state index contributed by atoms with van der Waals surface area (Å²) in [6, 6.07) is 5.25. The molecule has 6 nitrogen and oxygen atoms in total. The van der Waals surface area contributed by atoms with Gasteiger partial charge in [0.25, 0.3) is 0 Å². The number of rotatable bonds is 7. The van der Waals surface area contributed by atoms with Crippen LogP contribution in [0.1, 0.15) is 27.9 Å². The van der Waals surface area contributed by atoms with E-state index in [1.807, 2.05) is 0 Å². The van der Waals surface area contributed by atoms with Crippen molar-refractivity contribution in [1.29, 1.82) is 0 Å². The zero-order valence-electron chi connectivity index (χ0n) is 13.7. The van der Waals surface area contributed by atoms with Gasteiger partial charge in [-0.2, -0.15) is 0 Å². The number of halogens is 3. The summed E-state index contributed by atoms with van der Waals surface area (Å²) in [4.78, 5) is 16.7. The van der Waals surface area contributed by atoms with E-state index < -0.39 is 34.2 Å². The largest absolute Gasteiger partial charge is 0.443 e. The Morgan fingerprint density at radius 1 is 1.33 bits per heavy atom. The van der Waals surface area contributed by atoms with Crippen molar-refractivity contribution in [2.45, 2.75) is 12.8 Å². The minimum atomic E-state index is -2.17. The van der Waals surface area contributed by atoms with Gasteiger partial charge in [-0.1, -0.05) is 11.6 Å². The highest BCUT2D eigenvalue weighted by atomic mass is 35.5. The van der Waals surface area contributed by atoms with Gasteiger partial charge in [0.15, 0.2) is 29.4 Å². The van der Waals surface area contributed by atoms with Crippen molar-refractivity contribution in [1.82, 2.24) is 9.71 Å². The number of nitrogens with zero attached hydrogens (tertiary/aromatic N) is 1. The van der Waals surface area contributed by atoms with E-state index in [1.165, 1.54) is 24.6 Å². The predicted octanol–water partition coefficient (Wildman–Crippen LogP) is 3.65. The number of carbonyl (C=O) groups is 1. The Labute approximate surface area is 160 Å². The van der Waals surface area contributed by atoms with E-state index >= 15 is 0 Å². The maximum Gasteiger partial charge on any atom is 0.231 e. The molecule has 10 heteroatoms. The topological polar surface area (TPSA) is 92.4 Å². The van der Waals surface area contributed by atoms with Gasteiger partial charge in [0, 0.05) is 12.1 Å². The van der Waals surface area contributed by atoms with Crippen molar-refractivity contribution in [2.24, 2.45) is 0 Å². The third-order valence-corrected chi connectivity index (χ3v) is 4.78. The molecule has 1 aromatic heterocycles. The molecule has 142 valence electrons. The fourth-order valence-electron chi connectivity index (χ4n) is 2.62. The Morgan fingerprint density at radius 2 is 2.11 bits per heavy atom. The van der Waals surface area contributed by atoms with Crippen molar-refractivity contribution in [2.75, 3.05) is 6.54 Å². The lowest BCUT2D eigenvalue weighted by atomic mass is 9.98. The number of fused-ring (bicyclic) bond motifs is 1. The second kappa shape index (κ2) is 8.22. The molecule has 27 heavy (non-hydrogen) atoms. The highest BCUT2D eigenvalue weighted by molar-refractivity contribution is 7.77. The first-order valence-corrected chi connectivity index (χ1v) is 9.25. The molecule has 1 heterocycles. The number of hydrogen-bond acceptors (Lipinski definition) is 4. The summed E-state index contributed by atoms with van der Waals surface area (Å²) < 4.78 is 55.0. The normalized spacial score (nSPS) is 12.4. The Bertz CT molecular complexity index is 1040. The zero-order chi connectivity index (χ0) is 19.6. The number of aryl methyl sites for hydroxylation is 1. The van der Waals surface area contributed by atoms with Gasteiger partial charge in [-0.05, 0) is 42.7 Å². The summed E-state index contributed by atoms with van der Waals surface area (Å²) in [6.07, 6.45) is 1.72. The molecule has 0 bridgehead atoms. The van der Waals surface area contributed by atoms with Gasteiger partial charge in [0.1, 0.15) is 5.52 Å². The van der Waals surface area contributed by atoms with E-state index in [0.29, 0.717) is 17.5 Å². The van der Waals surface area contributed by atoms with Gasteiger partial charge < -0.3 is 4.42 Å². The smallest absolute Gasteiger partial charge is 0.231 e. The SMILES string of the molecule is O=C(c1ccc2ncoc2c1)c1c(F)c(F)cc(CCCNS(=O)O)c1Cl. The van der Waals surface area contributed by atoms with E-state index in [9.17, 15) is 17.8 Å². The van der Waals surface area contributed by atoms with Gasteiger partial charge in [-0.15, -0.1) is 0 Å². The van der Waals surface area contributed by atoms with Crippen LogP contribution in [0.15, 0.2) is 35.1 Å². The number of benzene rings is 2. The molecule has 1 atom stereocenters. The summed E-state index contributed by atoms with van der Waals surface area (Å²) in [7, 11) is 0. The maximum atomic E-state index is 14.3. The molecule has 0 saturated carbocycles. The predicted molar refractivity (Wildman–Crippen MR) is 95.9 cm³/mol. The molecule has 0 fully saturated rings. The molecule has 3 rings (SSSR count). The van der Waals surface area contributed by atoms with Crippen LogP contribution >= 0.6 is 11.6 Å². The highest BCUT2D eigenvalue weighted by Crippen LogP contribution is 2.30. The van der Waals surface area contributed by atoms with Crippen LogP contribution in [0.4, 0.5) is 8.78 Å². The van der Waals surface area contributed by atoms with E-state index in [4.69, 9.17) is 20.6 Å². The molecule has 0 radical (unpaired) electrons. The third-order valence-electron chi connectivity index (χ3n) is 3.90. The molecule has 2 aromatic carbocycles. The number of carbonyl (C=O) groups excluding carboxylic acids is 1. The monoisotopic (exact) mass is 414 g/mol. The highest BCUT2D eigenvalue weighted by Gasteiger charge is 2.24. The number of nitrogens with one attached hydrogen (secondary N) is 1. The summed E-state index contributed by atoms with van der Waals surface area (Å²) in [5.74, 6) is -3.32. The molecular formula is C17H13ClF2N2O4S. The molecular weight excluding hydrogens is 402 g/mol. The molecule has 0 spiro atoms. The lowest BCUT2D eigenvalue weighted by Crippen LogP contribution is -2.18. The number of aromatic nitrogens is 1. The molecule has 2 N–H and O–H groups in total. The fourth-order valence-corrected chi connectivity index (χ4v) is 3.25. The van der Waals surface area contributed by atoms with Crippen LogP contribution in [-0.2, 0) is 17.7 Å². The molecule has 0 amide bonds. The number of hydrogen-bond donors (Lipinski definition) is 2. The molecule has 0 aliphatic carbocycles. The van der Waals surface area contributed by atoms with Gasteiger partial charge in [0.05, 0.1) is 10.6 Å². The maximum absolute atomic E-state index is 14.3. The van der Waals surface area contributed by atoms with E-state index in [0.717, 1.165) is 6.07 Å². The van der Waals surface area contributed by atoms with Crippen molar-refractivity contribution >= 4 is 39.8 Å². The molecule has 0 aliphatic heterocycles. The minimum Gasteiger partial charge on any atom is -0.443 e. The Balaban J connectivity index is 1.93. The quantitative estimate of drug-likeness (QED) is 0.266. The molecule has 0 aliphatic rings. The van der Waals surface area contributed by atoms with Crippen LogP contribution in [0.25, 0.3) is 11.1 Å². The van der Waals surface area contributed by atoms with Crippen molar-refractivity contribution < 1.29 is 26.8 Å². The first-order chi connectivity index (χ1) is 12.9. The summed E-state index contributed by atoms with van der Waals surface area (Å²) in [5, 5.41) is -0.193. The Morgan fingerprint density at radius 3 is 2.85 bits per heavy atom. The summed E-state index contributed by atoms with van der Waals surface area (Å²) >= 11 is 4.01. The van der Waals surface area contributed by atoms with Crippen LogP contribution in [0.5, 0.6) is 0 Å². The molecule has 0 saturated heterocycles. The standard InChI is InChI=1S/C17H13ClF2N2O4S/c18-15-9(2-1-5-22-27(24)25)6-11(19)16(20)14(15)17(23)10-3-4-12-13(7-10)26-8-21-12/h3-4,6-8,22H,1-2,5H2,(H,24,25). The molecule has 3 aromatic rings. The van der Waals surface area contributed by atoms with Crippen LogP contribution in [0, 0.1) is 11.6 Å². The van der Waals surface area contributed by atoms with Gasteiger partial charge in [-0.25, -0.2) is 22.7 Å². The zero-order valence-corrected chi connectivity index (χ0v) is 15.2. The Hall–Kier alpha value is -2.20. The van der Waals surface area contributed by atoms with Crippen molar-refractivity contribution in [3.05, 3.63) is 64.0 Å². The van der Waals surface area contributed by atoms with Crippen molar-refractivity contribution in [3.8, 4) is 0 Å². The lowest BCUT2D eigenvalue weighted by Gasteiger charge is -2.11. The van der Waals surface area contributed by atoms with Crippen LogP contribution in [0.3, 0.4) is 0 Å². The van der Waals surface area contributed by atoms with Crippen molar-refractivity contribution in [3.63, 3.8) is 0 Å². The van der Waals surface area contributed by atoms with Gasteiger partial charge in [0.2, 0.25) is 11.3 Å². The van der Waals surface area contributed by atoms with Crippen LogP contribution < -0.4 is 4.72 Å². The first kappa shape index (κ1) is 19.6. The van der Waals surface area contributed by atoms with E-state index in [2.05, 4.69) is 9.71 Å². The van der Waals surface area contributed by atoms with Gasteiger partial charge >= 0.3 is 0 Å². The van der Waals surface area contributed by atoms with E-state index in [-0.39, 0.29) is 29.1 Å². The van der Waals surface area contributed by atoms with E-state index in [1.54, 1.807) is 0 Å². The van der Waals surface area contributed by atoms with Crippen LogP contribution in [-0.4, -0.2) is 26.1 Å². The first-order valence-electron chi connectivity index (χ1n) is 7.77. The average Bonchev–Trinajstić information content (AvgIpc) is 3.10. The number of ketones is 1. The minimum absolute atomic E-state index is 0.0777. The van der Waals surface area contributed by atoms with Crippen LogP contribution in [0.2, 0.25) is 5.02 Å². The Kier molecular flexibility index (Phi) is 5.95. The lowest BCUT2D eigenvalue weighted by molar-refractivity contribution is 0.103. The summed E-state index contributed by atoms with van der Waals surface area (Å²) in [5.41, 5.74) is 0.590. The van der Waals surface area contributed by atoms with Gasteiger partial charge in [-0.3, -0.25) is 9.35 Å². The second-order valence-electron chi connectivity index (χ2n) is 5.63. The number of oxazole rings is 1. The second-order valence-corrected chi connectivity index (χ2v) is 6.80. The third kappa shape index (κ3) is 4.22. The average molecular weight is 415 g/mol. The summed E-state index contributed by atoms with van der Waals surface area (Å²) in [6.45, 7) is 0.157.